The van der Waals surface area contributed by atoms with Crippen LogP contribution in [0.3, 0.4) is 0 Å². The summed E-state index contributed by atoms with van der Waals surface area (Å²) in [5, 5.41) is 11.2. The van der Waals surface area contributed by atoms with Crippen LogP contribution in [-0.2, 0) is 0 Å². The zero-order chi connectivity index (χ0) is 13.8. The Kier molecular flexibility index (Phi) is 3.46. The Morgan fingerprint density at radius 3 is 2.58 bits per heavy atom. The Morgan fingerprint density at radius 1 is 1.16 bits per heavy atom. The van der Waals surface area contributed by atoms with E-state index in [1.54, 1.807) is 0 Å². The van der Waals surface area contributed by atoms with Gasteiger partial charge < -0.3 is 10.4 Å². The molecular formula is C12H8FN3O3. The van der Waals surface area contributed by atoms with Crippen LogP contribution in [0.15, 0.2) is 36.7 Å². The molecule has 96 valence electrons. The average Bonchev–Trinajstić information content (AvgIpc) is 2.39. The van der Waals surface area contributed by atoms with E-state index in [1.807, 2.05) is 0 Å². The molecule has 19 heavy (non-hydrogen) atoms. The van der Waals surface area contributed by atoms with Crippen LogP contribution in [0.2, 0.25) is 0 Å². The van der Waals surface area contributed by atoms with E-state index in [0.717, 1.165) is 12.3 Å². The predicted octanol–water partition coefficient (Wildman–Crippen LogP) is 1.57. The van der Waals surface area contributed by atoms with E-state index in [4.69, 9.17) is 5.11 Å². The van der Waals surface area contributed by atoms with Crippen molar-refractivity contribution in [2.24, 2.45) is 0 Å². The van der Waals surface area contributed by atoms with Gasteiger partial charge in [-0.1, -0.05) is 0 Å². The molecule has 2 N–H and O–H groups in total. The quantitative estimate of drug-likeness (QED) is 0.818. The van der Waals surface area contributed by atoms with Crippen molar-refractivity contribution in [3.63, 3.8) is 0 Å². The van der Waals surface area contributed by atoms with Gasteiger partial charge in [-0.25, -0.2) is 14.8 Å². The van der Waals surface area contributed by atoms with Gasteiger partial charge in [-0.2, -0.15) is 4.39 Å². The molecule has 2 aromatic heterocycles. The summed E-state index contributed by atoms with van der Waals surface area (Å²) in [7, 11) is 0. The fourth-order valence-electron chi connectivity index (χ4n) is 1.33. The van der Waals surface area contributed by atoms with Gasteiger partial charge in [0.25, 0.3) is 5.91 Å². The van der Waals surface area contributed by atoms with Gasteiger partial charge in [0.2, 0.25) is 5.95 Å². The van der Waals surface area contributed by atoms with Gasteiger partial charge in [-0.3, -0.25) is 4.79 Å². The highest BCUT2D eigenvalue weighted by Gasteiger charge is 2.09. The smallest absolute Gasteiger partial charge is 0.335 e. The number of aromatic nitrogens is 2. The van der Waals surface area contributed by atoms with Gasteiger partial charge in [-0.05, 0) is 24.3 Å². The average molecular weight is 261 g/mol. The van der Waals surface area contributed by atoms with Crippen molar-refractivity contribution in [3.05, 3.63) is 53.7 Å². The van der Waals surface area contributed by atoms with Crippen LogP contribution in [0.4, 0.5) is 10.2 Å². The fourth-order valence-corrected chi connectivity index (χ4v) is 1.33. The summed E-state index contributed by atoms with van der Waals surface area (Å²) in [5.74, 6) is -2.28. The first-order chi connectivity index (χ1) is 9.06. The zero-order valence-corrected chi connectivity index (χ0v) is 9.50. The summed E-state index contributed by atoms with van der Waals surface area (Å²) in [4.78, 5) is 29.7. The Balaban J connectivity index is 2.17. The number of rotatable bonds is 3. The Morgan fingerprint density at radius 2 is 1.95 bits per heavy atom. The van der Waals surface area contributed by atoms with Crippen LogP contribution in [0, 0.1) is 5.95 Å². The van der Waals surface area contributed by atoms with Crippen molar-refractivity contribution in [1.82, 2.24) is 9.97 Å². The number of nitrogens with one attached hydrogen (secondary N) is 1. The lowest BCUT2D eigenvalue weighted by Crippen LogP contribution is -2.14. The molecule has 0 fully saturated rings. The Hall–Kier alpha value is -2.83. The first kappa shape index (κ1) is 12.6. The number of pyridine rings is 2. The molecule has 0 radical (unpaired) electrons. The molecule has 1 amide bonds. The maximum Gasteiger partial charge on any atom is 0.335 e. The minimum absolute atomic E-state index is 0.00234. The van der Waals surface area contributed by atoms with Gasteiger partial charge in [-0.15, -0.1) is 0 Å². The Labute approximate surface area is 106 Å². The topological polar surface area (TPSA) is 92.2 Å². The van der Waals surface area contributed by atoms with Gasteiger partial charge in [0.1, 0.15) is 5.82 Å². The van der Waals surface area contributed by atoms with Gasteiger partial charge >= 0.3 is 5.97 Å². The molecule has 0 saturated carbocycles. The molecule has 2 rings (SSSR count). The minimum atomic E-state index is -1.12. The van der Waals surface area contributed by atoms with Gasteiger partial charge in [0.15, 0.2) is 0 Å². The lowest BCUT2D eigenvalue weighted by molar-refractivity contribution is 0.0696. The number of anilines is 1. The molecule has 0 atom stereocenters. The van der Waals surface area contributed by atoms with Gasteiger partial charge in [0.05, 0.1) is 11.1 Å². The summed E-state index contributed by atoms with van der Waals surface area (Å²) < 4.78 is 12.6. The number of hydrogen-bond donors (Lipinski definition) is 2. The highest BCUT2D eigenvalue weighted by molar-refractivity contribution is 6.03. The second-order valence-corrected chi connectivity index (χ2v) is 3.56. The highest BCUT2D eigenvalue weighted by atomic mass is 19.1. The number of halogens is 1. The van der Waals surface area contributed by atoms with Gasteiger partial charge in [0, 0.05) is 12.4 Å². The largest absolute Gasteiger partial charge is 0.478 e. The zero-order valence-electron chi connectivity index (χ0n) is 9.50. The van der Waals surface area contributed by atoms with E-state index in [0.29, 0.717) is 0 Å². The number of carboxylic acids is 1. The lowest BCUT2D eigenvalue weighted by atomic mass is 10.2. The maximum absolute atomic E-state index is 12.6. The third-order valence-electron chi connectivity index (χ3n) is 2.24. The first-order valence-corrected chi connectivity index (χ1v) is 5.18. The van der Waals surface area contributed by atoms with Crippen LogP contribution in [-0.4, -0.2) is 27.0 Å². The molecule has 2 aromatic rings. The SMILES string of the molecule is O=C(O)c1ccnc(NC(=O)c2ccc(F)nc2)c1. The van der Waals surface area contributed by atoms with E-state index in [-0.39, 0.29) is 16.9 Å². The van der Waals surface area contributed by atoms with Crippen LogP contribution in [0.5, 0.6) is 0 Å². The summed E-state index contributed by atoms with van der Waals surface area (Å²) in [6, 6.07) is 4.84. The van der Waals surface area contributed by atoms with Crippen molar-refractivity contribution < 1.29 is 19.1 Å². The van der Waals surface area contributed by atoms with E-state index < -0.39 is 17.8 Å². The summed E-state index contributed by atoms with van der Waals surface area (Å²) >= 11 is 0. The molecule has 0 aliphatic carbocycles. The van der Waals surface area contributed by atoms with Crippen molar-refractivity contribution >= 4 is 17.7 Å². The van der Waals surface area contributed by atoms with E-state index >= 15 is 0 Å². The number of hydrogen-bond acceptors (Lipinski definition) is 4. The minimum Gasteiger partial charge on any atom is -0.478 e. The molecule has 0 spiro atoms. The molecule has 2 heterocycles. The first-order valence-electron chi connectivity index (χ1n) is 5.18. The van der Waals surface area contributed by atoms with Crippen LogP contribution in [0.1, 0.15) is 20.7 Å². The monoisotopic (exact) mass is 261 g/mol. The highest BCUT2D eigenvalue weighted by Crippen LogP contribution is 2.09. The Bertz CT molecular complexity index is 628. The normalized spacial score (nSPS) is 9.95. The third-order valence-corrected chi connectivity index (χ3v) is 2.24. The molecule has 0 saturated heterocycles. The second-order valence-electron chi connectivity index (χ2n) is 3.56. The molecule has 0 bridgehead atoms. The molecule has 0 aromatic carbocycles. The molecule has 6 nitrogen and oxygen atoms in total. The maximum atomic E-state index is 12.6. The molecular weight excluding hydrogens is 253 g/mol. The molecule has 0 unspecified atom stereocenters. The van der Waals surface area contributed by atoms with E-state index in [1.165, 1.54) is 24.4 Å². The third kappa shape index (κ3) is 3.09. The van der Waals surface area contributed by atoms with Crippen molar-refractivity contribution in [3.8, 4) is 0 Å². The van der Waals surface area contributed by atoms with E-state index in [9.17, 15) is 14.0 Å². The number of carboxylic acid groups (broad SMARTS) is 1. The second kappa shape index (κ2) is 5.21. The predicted molar refractivity (Wildman–Crippen MR) is 63.3 cm³/mol. The summed E-state index contributed by atoms with van der Waals surface area (Å²) in [5.41, 5.74) is 0.145. The standard InChI is InChI=1S/C12H8FN3O3/c13-9-2-1-8(6-15-9)11(17)16-10-5-7(12(18)19)3-4-14-10/h1-6H,(H,18,19)(H,14,16,17). The molecule has 0 aliphatic heterocycles. The number of aromatic carboxylic acids is 1. The summed E-state index contributed by atoms with van der Waals surface area (Å²) in [6.45, 7) is 0. The van der Waals surface area contributed by atoms with E-state index in [2.05, 4.69) is 15.3 Å². The van der Waals surface area contributed by atoms with Crippen LogP contribution in [0.25, 0.3) is 0 Å². The number of carbonyl (C=O) groups excluding carboxylic acids is 1. The number of amides is 1. The lowest BCUT2D eigenvalue weighted by Gasteiger charge is -2.04. The molecule has 0 aliphatic rings. The van der Waals surface area contributed by atoms with Crippen molar-refractivity contribution in [2.45, 2.75) is 0 Å². The van der Waals surface area contributed by atoms with Crippen molar-refractivity contribution in [2.75, 3.05) is 5.32 Å². The fraction of sp³-hybridized carbons (Fsp3) is 0. The molecule has 7 heteroatoms. The van der Waals surface area contributed by atoms with Crippen LogP contribution < -0.4 is 5.32 Å². The number of carbonyl (C=O) groups is 2. The van der Waals surface area contributed by atoms with Crippen LogP contribution >= 0.6 is 0 Å². The number of nitrogens with zero attached hydrogens (tertiary/aromatic N) is 2. The summed E-state index contributed by atoms with van der Waals surface area (Å²) in [6.07, 6.45) is 2.34. The van der Waals surface area contributed by atoms with Crippen molar-refractivity contribution in [1.29, 1.82) is 0 Å².